The third-order valence-electron chi connectivity index (χ3n) is 5.61. The van der Waals surface area contributed by atoms with Crippen LogP contribution in [0.5, 0.6) is 5.75 Å². The highest BCUT2D eigenvalue weighted by Gasteiger charge is 2.37. The van der Waals surface area contributed by atoms with E-state index in [4.69, 9.17) is 4.74 Å². The van der Waals surface area contributed by atoms with Crippen molar-refractivity contribution in [3.63, 3.8) is 0 Å². The first kappa shape index (κ1) is 17.0. The summed E-state index contributed by atoms with van der Waals surface area (Å²) in [6.07, 6.45) is 4.15. The van der Waals surface area contributed by atoms with Crippen LogP contribution in [0.25, 0.3) is 10.9 Å². The Morgan fingerprint density at radius 2 is 1.96 bits per heavy atom. The standard InChI is InChI=1S/C24H22N2O2/c1-2-14-28-16-7-5-15(6-8-16)22-18-9-10-19-17(4-3-13-25-19)24(18)26-20-11-12-21(27)23(20)22/h3-10,13,22,26H,2,11-12,14H2,1H3. The predicted molar refractivity (Wildman–Crippen MR) is 111 cm³/mol. The third kappa shape index (κ3) is 2.68. The number of pyridine rings is 1. The van der Waals surface area contributed by atoms with E-state index < -0.39 is 0 Å². The number of rotatable bonds is 4. The predicted octanol–water partition coefficient (Wildman–Crippen LogP) is 5.20. The van der Waals surface area contributed by atoms with Gasteiger partial charge in [0.1, 0.15) is 5.75 Å². The minimum absolute atomic E-state index is 0.0499. The normalized spacial score (nSPS) is 18.0. The molecule has 1 aliphatic heterocycles. The highest BCUT2D eigenvalue weighted by Crippen LogP contribution is 2.48. The lowest BCUT2D eigenvalue weighted by Crippen LogP contribution is -2.19. The van der Waals surface area contributed by atoms with Gasteiger partial charge in [-0.1, -0.05) is 25.1 Å². The zero-order valence-electron chi connectivity index (χ0n) is 15.9. The first-order chi connectivity index (χ1) is 13.8. The molecule has 0 saturated heterocycles. The average molecular weight is 370 g/mol. The maximum absolute atomic E-state index is 12.7. The fraction of sp³-hybridized carbons (Fsp3) is 0.250. The highest BCUT2D eigenvalue weighted by atomic mass is 16.5. The third-order valence-corrected chi connectivity index (χ3v) is 5.61. The lowest BCUT2D eigenvalue weighted by atomic mass is 9.80. The monoisotopic (exact) mass is 370 g/mol. The molecule has 4 nitrogen and oxygen atoms in total. The number of allylic oxidation sites excluding steroid dienone is 2. The molecule has 0 fully saturated rings. The zero-order chi connectivity index (χ0) is 19.1. The molecular formula is C24H22N2O2. The van der Waals surface area contributed by atoms with Crippen molar-refractivity contribution in [2.24, 2.45) is 0 Å². The summed E-state index contributed by atoms with van der Waals surface area (Å²) in [7, 11) is 0. The van der Waals surface area contributed by atoms with E-state index in [1.807, 2.05) is 30.5 Å². The number of hydrogen-bond acceptors (Lipinski definition) is 4. The van der Waals surface area contributed by atoms with Crippen LogP contribution in [0.1, 0.15) is 43.2 Å². The van der Waals surface area contributed by atoms with Gasteiger partial charge in [-0.25, -0.2) is 0 Å². The van der Waals surface area contributed by atoms with Crippen LogP contribution in [0, 0.1) is 0 Å². The van der Waals surface area contributed by atoms with Gasteiger partial charge in [0.05, 0.1) is 17.8 Å². The van der Waals surface area contributed by atoms with E-state index >= 15 is 0 Å². The maximum Gasteiger partial charge on any atom is 0.161 e. The summed E-state index contributed by atoms with van der Waals surface area (Å²) in [5.41, 5.74) is 6.27. The molecule has 1 aromatic heterocycles. The van der Waals surface area contributed by atoms with Crippen LogP contribution in [-0.2, 0) is 4.79 Å². The molecule has 1 atom stereocenters. The molecule has 4 heteroatoms. The Morgan fingerprint density at radius 3 is 2.79 bits per heavy atom. The second kappa shape index (κ2) is 6.79. The Morgan fingerprint density at radius 1 is 1.11 bits per heavy atom. The van der Waals surface area contributed by atoms with Gasteiger partial charge in [-0.05, 0) is 54.3 Å². The quantitative estimate of drug-likeness (QED) is 0.686. The summed E-state index contributed by atoms with van der Waals surface area (Å²) >= 11 is 0. The number of fused-ring (bicyclic) bond motifs is 3. The van der Waals surface area contributed by atoms with Gasteiger partial charge in [-0.3, -0.25) is 9.78 Å². The Labute approximate surface area is 164 Å². The van der Waals surface area contributed by atoms with E-state index in [9.17, 15) is 4.79 Å². The van der Waals surface area contributed by atoms with E-state index in [0.29, 0.717) is 13.0 Å². The van der Waals surface area contributed by atoms with Gasteiger partial charge in [-0.15, -0.1) is 0 Å². The summed E-state index contributed by atoms with van der Waals surface area (Å²) in [6, 6.07) is 16.4. The van der Waals surface area contributed by atoms with Crippen molar-refractivity contribution in [1.29, 1.82) is 0 Å². The van der Waals surface area contributed by atoms with Crippen molar-refractivity contribution < 1.29 is 9.53 Å². The lowest BCUT2D eigenvalue weighted by molar-refractivity contribution is -0.115. The SMILES string of the molecule is CCCOc1ccc(C2C3=C(CCC3=O)Nc3c2ccc2ncccc32)cc1. The Bertz CT molecular complexity index is 1100. The first-order valence-electron chi connectivity index (χ1n) is 9.90. The number of aromatic nitrogens is 1. The lowest BCUT2D eigenvalue weighted by Gasteiger charge is -2.29. The molecular weight excluding hydrogens is 348 g/mol. The van der Waals surface area contributed by atoms with Crippen LogP contribution in [0.15, 0.2) is 66.0 Å². The van der Waals surface area contributed by atoms with Crippen molar-refractivity contribution in [2.75, 3.05) is 11.9 Å². The second-order valence-corrected chi connectivity index (χ2v) is 7.39. The molecule has 28 heavy (non-hydrogen) atoms. The summed E-state index contributed by atoms with van der Waals surface area (Å²) in [6.45, 7) is 2.81. The van der Waals surface area contributed by atoms with Crippen molar-refractivity contribution >= 4 is 22.4 Å². The Hall–Kier alpha value is -3.14. The molecule has 0 bridgehead atoms. The molecule has 2 aliphatic rings. The van der Waals surface area contributed by atoms with Gasteiger partial charge >= 0.3 is 0 Å². The zero-order valence-corrected chi connectivity index (χ0v) is 15.9. The molecule has 0 radical (unpaired) electrons. The van der Waals surface area contributed by atoms with Crippen LogP contribution >= 0.6 is 0 Å². The minimum Gasteiger partial charge on any atom is -0.494 e. The Balaban J connectivity index is 1.65. The number of nitrogens with zero attached hydrogens (tertiary/aromatic N) is 1. The molecule has 1 aliphatic carbocycles. The molecule has 2 heterocycles. The fourth-order valence-corrected chi connectivity index (χ4v) is 4.32. The number of benzene rings is 2. The van der Waals surface area contributed by atoms with Gasteiger partial charge in [-0.2, -0.15) is 0 Å². The Kier molecular flexibility index (Phi) is 4.12. The second-order valence-electron chi connectivity index (χ2n) is 7.39. The topological polar surface area (TPSA) is 51.2 Å². The molecule has 2 aromatic carbocycles. The van der Waals surface area contributed by atoms with Crippen LogP contribution in [-0.4, -0.2) is 17.4 Å². The number of Topliss-reactive ketones (excluding diaryl/α,β-unsaturated/α-hetero) is 1. The van der Waals surface area contributed by atoms with Crippen LogP contribution in [0.3, 0.4) is 0 Å². The number of ether oxygens (including phenoxy) is 1. The molecule has 0 spiro atoms. The smallest absolute Gasteiger partial charge is 0.161 e. The maximum atomic E-state index is 12.7. The van der Waals surface area contributed by atoms with Crippen molar-refractivity contribution in [1.82, 2.24) is 4.98 Å². The van der Waals surface area contributed by atoms with Gasteiger partial charge in [0.15, 0.2) is 5.78 Å². The molecule has 0 saturated carbocycles. The molecule has 1 unspecified atom stereocenters. The minimum atomic E-state index is -0.0499. The van der Waals surface area contributed by atoms with Crippen LogP contribution in [0.4, 0.5) is 5.69 Å². The number of nitrogens with one attached hydrogen (secondary N) is 1. The summed E-state index contributed by atoms with van der Waals surface area (Å²) < 4.78 is 5.73. The van der Waals surface area contributed by atoms with Crippen molar-refractivity contribution in [3.05, 3.63) is 77.1 Å². The summed E-state index contributed by atoms with van der Waals surface area (Å²) in [5.74, 6) is 1.07. The molecule has 140 valence electrons. The fourth-order valence-electron chi connectivity index (χ4n) is 4.32. The van der Waals surface area contributed by atoms with Gasteiger partial charge in [0.25, 0.3) is 0 Å². The van der Waals surface area contributed by atoms with Crippen LogP contribution < -0.4 is 10.1 Å². The van der Waals surface area contributed by atoms with E-state index in [-0.39, 0.29) is 11.7 Å². The number of ketones is 1. The van der Waals surface area contributed by atoms with Gasteiger partial charge in [0.2, 0.25) is 0 Å². The van der Waals surface area contributed by atoms with Gasteiger partial charge in [0, 0.05) is 35.2 Å². The number of hydrogen-bond donors (Lipinski definition) is 1. The van der Waals surface area contributed by atoms with E-state index in [0.717, 1.165) is 57.6 Å². The van der Waals surface area contributed by atoms with E-state index in [2.05, 4.69) is 41.5 Å². The van der Waals surface area contributed by atoms with E-state index in [1.54, 1.807) is 0 Å². The molecule has 1 N–H and O–H groups in total. The van der Waals surface area contributed by atoms with Crippen molar-refractivity contribution in [3.8, 4) is 5.75 Å². The van der Waals surface area contributed by atoms with Crippen LogP contribution in [0.2, 0.25) is 0 Å². The first-order valence-corrected chi connectivity index (χ1v) is 9.90. The summed E-state index contributed by atoms with van der Waals surface area (Å²) in [5, 5.41) is 4.66. The number of carbonyl (C=O) groups excluding carboxylic acids is 1. The average Bonchev–Trinajstić information content (AvgIpc) is 3.11. The van der Waals surface area contributed by atoms with Crippen molar-refractivity contribution in [2.45, 2.75) is 32.1 Å². The summed E-state index contributed by atoms with van der Waals surface area (Å²) in [4.78, 5) is 17.2. The number of anilines is 1. The largest absolute Gasteiger partial charge is 0.494 e. The highest BCUT2D eigenvalue weighted by molar-refractivity contribution is 6.05. The number of carbonyl (C=O) groups is 1. The molecule has 3 aromatic rings. The van der Waals surface area contributed by atoms with E-state index in [1.165, 1.54) is 0 Å². The molecule has 0 amide bonds. The molecule has 5 rings (SSSR count). The van der Waals surface area contributed by atoms with Gasteiger partial charge < -0.3 is 10.1 Å².